The van der Waals surface area contributed by atoms with Crippen molar-refractivity contribution < 1.29 is 24.0 Å². The van der Waals surface area contributed by atoms with E-state index in [1.165, 1.54) is 0 Å². The average molecular weight is 338 g/mol. The first kappa shape index (κ1) is 16.7. The molecular formula is C16H22N2O6. The van der Waals surface area contributed by atoms with E-state index in [0.717, 1.165) is 12.6 Å². The van der Waals surface area contributed by atoms with Crippen molar-refractivity contribution in [1.82, 2.24) is 5.32 Å². The van der Waals surface area contributed by atoms with Crippen LogP contribution >= 0.6 is 0 Å². The van der Waals surface area contributed by atoms with Crippen LogP contribution in [0.25, 0.3) is 0 Å². The fourth-order valence-corrected chi connectivity index (χ4v) is 4.08. The van der Waals surface area contributed by atoms with Crippen LogP contribution in [0.4, 0.5) is 0 Å². The Morgan fingerprint density at radius 1 is 1.42 bits per heavy atom. The molecule has 0 radical (unpaired) electrons. The molecule has 3 atom stereocenters. The lowest BCUT2D eigenvalue weighted by molar-refractivity contribution is -0.404. The van der Waals surface area contributed by atoms with Crippen molar-refractivity contribution in [3.05, 3.63) is 22.0 Å². The van der Waals surface area contributed by atoms with E-state index in [1.54, 1.807) is 0 Å². The standard InChI is InChI=1S/C16H22N2O6/c1-14(2)15(3)6-7-16(14,24-12(15)19)13(20)23-11-5-4-8-17-10(11)9-18(21)22/h9,11,17H,4-8H2,1-3H3/b10-9+/t11-,15+,16+/m1/s1. The molecule has 2 bridgehead atoms. The van der Waals surface area contributed by atoms with Crippen LogP contribution in [0.1, 0.15) is 46.5 Å². The summed E-state index contributed by atoms with van der Waals surface area (Å²) in [5, 5.41) is 13.7. The number of hydrogen-bond donors (Lipinski definition) is 1. The van der Waals surface area contributed by atoms with Crippen molar-refractivity contribution in [2.24, 2.45) is 10.8 Å². The molecule has 8 heteroatoms. The summed E-state index contributed by atoms with van der Waals surface area (Å²) in [6.45, 7) is 6.10. The van der Waals surface area contributed by atoms with Gasteiger partial charge in [-0.15, -0.1) is 0 Å². The lowest BCUT2D eigenvalue weighted by atomic mass is 9.66. The topological polar surface area (TPSA) is 108 Å². The number of hydrogen-bond acceptors (Lipinski definition) is 7. The molecule has 0 unspecified atom stereocenters. The van der Waals surface area contributed by atoms with Crippen molar-refractivity contribution in [2.45, 2.75) is 58.2 Å². The molecule has 0 aromatic heterocycles. The Morgan fingerprint density at radius 3 is 2.67 bits per heavy atom. The normalized spacial score (nSPS) is 38.5. The molecule has 2 heterocycles. The third-order valence-electron chi connectivity index (χ3n) is 6.23. The van der Waals surface area contributed by atoms with Gasteiger partial charge in [0.25, 0.3) is 6.20 Å². The summed E-state index contributed by atoms with van der Waals surface area (Å²) in [4.78, 5) is 35.3. The van der Waals surface area contributed by atoms with Gasteiger partial charge in [-0.1, -0.05) is 13.8 Å². The molecule has 3 rings (SSSR count). The summed E-state index contributed by atoms with van der Waals surface area (Å²) in [7, 11) is 0. The summed E-state index contributed by atoms with van der Waals surface area (Å²) in [5.74, 6) is -0.983. The lowest BCUT2D eigenvalue weighted by Crippen LogP contribution is -2.50. The molecule has 0 spiro atoms. The van der Waals surface area contributed by atoms with E-state index in [9.17, 15) is 19.7 Å². The molecule has 3 fully saturated rings. The molecule has 2 saturated heterocycles. The molecule has 0 amide bonds. The van der Waals surface area contributed by atoms with Gasteiger partial charge < -0.3 is 14.8 Å². The summed E-state index contributed by atoms with van der Waals surface area (Å²) >= 11 is 0. The summed E-state index contributed by atoms with van der Waals surface area (Å²) < 4.78 is 11.1. The van der Waals surface area contributed by atoms with Gasteiger partial charge in [0, 0.05) is 12.0 Å². The predicted octanol–water partition coefficient (Wildman–Crippen LogP) is 1.52. The van der Waals surface area contributed by atoms with Crippen molar-refractivity contribution in [2.75, 3.05) is 6.54 Å². The SMILES string of the molecule is CC1(C)[C@@]2(C)CC[C@@]1(C(=O)O[C@@H]1CCCN/C1=C/[N+](=O)[O-])OC2=O. The Labute approximate surface area is 139 Å². The van der Waals surface area contributed by atoms with Gasteiger partial charge in [0.05, 0.1) is 10.3 Å². The first-order valence-corrected chi connectivity index (χ1v) is 8.18. The number of ether oxygens (including phenoxy) is 2. The first-order chi connectivity index (χ1) is 11.1. The molecule has 1 saturated carbocycles. The minimum absolute atomic E-state index is 0.277. The Hall–Kier alpha value is -2.12. The number of nitrogens with one attached hydrogen (secondary N) is 1. The van der Waals surface area contributed by atoms with E-state index in [4.69, 9.17) is 9.47 Å². The molecule has 1 aliphatic carbocycles. The van der Waals surface area contributed by atoms with Crippen molar-refractivity contribution in [3.63, 3.8) is 0 Å². The molecule has 8 nitrogen and oxygen atoms in total. The maximum Gasteiger partial charge on any atom is 0.351 e. The third kappa shape index (κ3) is 2.04. The summed E-state index contributed by atoms with van der Waals surface area (Å²) in [5.41, 5.74) is -2.44. The molecule has 3 aliphatic rings. The predicted molar refractivity (Wildman–Crippen MR) is 82.1 cm³/mol. The minimum atomic E-state index is -1.31. The third-order valence-corrected chi connectivity index (χ3v) is 6.23. The monoisotopic (exact) mass is 338 g/mol. The van der Waals surface area contributed by atoms with E-state index in [0.29, 0.717) is 25.8 Å². The lowest BCUT2D eigenvalue weighted by Gasteiger charge is -2.36. The van der Waals surface area contributed by atoms with Gasteiger partial charge in [0.15, 0.2) is 0 Å². The van der Waals surface area contributed by atoms with E-state index in [-0.39, 0.29) is 11.7 Å². The number of rotatable bonds is 3. The molecule has 0 aromatic carbocycles. The van der Waals surface area contributed by atoms with E-state index < -0.39 is 33.4 Å². The minimum Gasteiger partial charge on any atom is -0.453 e. The number of carbonyl (C=O) groups is 2. The number of carbonyl (C=O) groups excluding carboxylic acids is 2. The van der Waals surface area contributed by atoms with Crippen LogP contribution in [0.15, 0.2) is 11.9 Å². The largest absolute Gasteiger partial charge is 0.453 e. The van der Waals surface area contributed by atoms with Crippen LogP contribution in [0.3, 0.4) is 0 Å². The van der Waals surface area contributed by atoms with Gasteiger partial charge in [-0.2, -0.15) is 0 Å². The zero-order valence-electron chi connectivity index (χ0n) is 14.1. The number of piperidine rings is 1. The number of esters is 2. The zero-order valence-corrected chi connectivity index (χ0v) is 14.1. The molecule has 2 aliphatic heterocycles. The fraction of sp³-hybridized carbons (Fsp3) is 0.750. The Morgan fingerprint density at radius 2 is 2.12 bits per heavy atom. The van der Waals surface area contributed by atoms with Crippen LogP contribution in [0.2, 0.25) is 0 Å². The first-order valence-electron chi connectivity index (χ1n) is 8.18. The Kier molecular flexibility index (Phi) is 3.62. The van der Waals surface area contributed by atoms with E-state index >= 15 is 0 Å². The maximum absolute atomic E-state index is 12.9. The van der Waals surface area contributed by atoms with Gasteiger partial charge in [-0.3, -0.25) is 14.9 Å². The molecule has 1 N–H and O–H groups in total. The van der Waals surface area contributed by atoms with Crippen molar-refractivity contribution in [3.8, 4) is 0 Å². The number of nitro groups is 1. The van der Waals surface area contributed by atoms with Gasteiger partial charge in [-0.25, -0.2) is 4.79 Å². The second kappa shape index (κ2) is 5.19. The van der Waals surface area contributed by atoms with Crippen LogP contribution < -0.4 is 5.32 Å². The quantitative estimate of drug-likeness (QED) is 0.472. The summed E-state index contributed by atoms with van der Waals surface area (Å²) in [6, 6.07) is 0. The molecule has 0 aromatic rings. The second-order valence-electron chi connectivity index (χ2n) is 7.51. The highest BCUT2D eigenvalue weighted by atomic mass is 16.6. The Balaban J connectivity index is 1.85. The van der Waals surface area contributed by atoms with Gasteiger partial charge >= 0.3 is 11.9 Å². The van der Waals surface area contributed by atoms with Crippen molar-refractivity contribution >= 4 is 11.9 Å². The molecule has 24 heavy (non-hydrogen) atoms. The highest BCUT2D eigenvalue weighted by Gasteiger charge is 2.76. The number of fused-ring (bicyclic) bond motifs is 2. The van der Waals surface area contributed by atoms with Crippen LogP contribution in [0, 0.1) is 20.9 Å². The van der Waals surface area contributed by atoms with Crippen molar-refractivity contribution in [1.29, 1.82) is 0 Å². The van der Waals surface area contributed by atoms with Crippen LogP contribution in [-0.4, -0.2) is 35.1 Å². The average Bonchev–Trinajstić information content (AvgIpc) is 2.79. The van der Waals surface area contributed by atoms with Crippen LogP contribution in [-0.2, 0) is 19.1 Å². The highest BCUT2D eigenvalue weighted by Crippen LogP contribution is 2.65. The molecule has 132 valence electrons. The van der Waals surface area contributed by atoms with Gasteiger partial charge in [0.1, 0.15) is 11.8 Å². The van der Waals surface area contributed by atoms with E-state index in [2.05, 4.69) is 5.32 Å². The second-order valence-corrected chi connectivity index (χ2v) is 7.51. The van der Waals surface area contributed by atoms with Gasteiger partial charge in [-0.05, 0) is 32.6 Å². The van der Waals surface area contributed by atoms with Crippen LogP contribution in [0.5, 0.6) is 0 Å². The highest BCUT2D eigenvalue weighted by molar-refractivity contribution is 5.93. The van der Waals surface area contributed by atoms with Gasteiger partial charge in [0.2, 0.25) is 5.60 Å². The van der Waals surface area contributed by atoms with E-state index in [1.807, 2.05) is 20.8 Å². The summed E-state index contributed by atoms with van der Waals surface area (Å²) in [6.07, 6.45) is 2.33. The zero-order chi connectivity index (χ0) is 17.8. The maximum atomic E-state index is 12.9. The smallest absolute Gasteiger partial charge is 0.351 e. The molecular weight excluding hydrogens is 316 g/mol. The number of nitrogens with zero attached hydrogens (tertiary/aromatic N) is 1. The fourth-order valence-electron chi connectivity index (χ4n) is 4.08. The Bertz CT molecular complexity index is 642.